The standard InChI is InChI=1S/C14H17NO6/c16-12(17)14(9-15(13(18)19)6-7-21-14)10-20-8-11-4-2-1-3-5-11/h1-5H,6-10H2,(H,16,17)(H,18,19). The first-order valence-corrected chi connectivity index (χ1v) is 6.50. The Bertz CT molecular complexity index is 505. The zero-order valence-corrected chi connectivity index (χ0v) is 11.4. The Labute approximate surface area is 121 Å². The highest BCUT2D eigenvalue weighted by molar-refractivity contribution is 5.79. The molecule has 1 fully saturated rings. The van der Waals surface area contributed by atoms with Gasteiger partial charge in [0, 0.05) is 6.54 Å². The maximum absolute atomic E-state index is 11.5. The van der Waals surface area contributed by atoms with Crippen LogP contribution in [0.3, 0.4) is 0 Å². The molecule has 1 aliphatic heterocycles. The molecule has 114 valence electrons. The number of amides is 1. The first-order valence-electron chi connectivity index (χ1n) is 6.50. The molecule has 7 nitrogen and oxygen atoms in total. The number of hydrogen-bond donors (Lipinski definition) is 2. The molecule has 0 radical (unpaired) electrons. The van der Waals surface area contributed by atoms with Crippen LogP contribution in [0.5, 0.6) is 0 Å². The molecule has 0 spiro atoms. The van der Waals surface area contributed by atoms with E-state index in [1.165, 1.54) is 0 Å². The summed E-state index contributed by atoms with van der Waals surface area (Å²) >= 11 is 0. The van der Waals surface area contributed by atoms with Gasteiger partial charge in [-0.2, -0.15) is 0 Å². The number of carboxylic acid groups (broad SMARTS) is 2. The van der Waals surface area contributed by atoms with Gasteiger partial charge in [0.2, 0.25) is 5.60 Å². The summed E-state index contributed by atoms with van der Waals surface area (Å²) < 4.78 is 10.7. The largest absolute Gasteiger partial charge is 0.479 e. The van der Waals surface area contributed by atoms with Crippen molar-refractivity contribution in [2.75, 3.05) is 26.3 Å². The lowest BCUT2D eigenvalue weighted by Gasteiger charge is -2.38. The highest BCUT2D eigenvalue weighted by Gasteiger charge is 2.45. The number of aliphatic carboxylic acids is 1. The summed E-state index contributed by atoms with van der Waals surface area (Å²) in [6, 6.07) is 9.30. The first kappa shape index (κ1) is 15.3. The highest BCUT2D eigenvalue weighted by Crippen LogP contribution is 2.20. The second-order valence-electron chi connectivity index (χ2n) is 4.83. The van der Waals surface area contributed by atoms with Gasteiger partial charge in [0.05, 0.1) is 26.4 Å². The van der Waals surface area contributed by atoms with Gasteiger partial charge in [-0.1, -0.05) is 30.3 Å². The van der Waals surface area contributed by atoms with Crippen LogP contribution in [0.25, 0.3) is 0 Å². The highest BCUT2D eigenvalue weighted by atomic mass is 16.6. The molecule has 0 bridgehead atoms. The Kier molecular flexibility index (Phi) is 4.77. The molecule has 0 saturated carbocycles. The summed E-state index contributed by atoms with van der Waals surface area (Å²) in [5.74, 6) is -1.22. The number of carbonyl (C=O) groups is 2. The monoisotopic (exact) mass is 295 g/mol. The van der Waals surface area contributed by atoms with Crippen LogP contribution in [0.15, 0.2) is 30.3 Å². The van der Waals surface area contributed by atoms with Crippen molar-refractivity contribution in [2.45, 2.75) is 12.2 Å². The van der Waals surface area contributed by atoms with Gasteiger partial charge in [0.1, 0.15) is 0 Å². The van der Waals surface area contributed by atoms with Crippen LogP contribution in [-0.4, -0.2) is 59.1 Å². The zero-order valence-electron chi connectivity index (χ0n) is 11.4. The third-order valence-corrected chi connectivity index (χ3v) is 3.29. The van der Waals surface area contributed by atoms with Crippen molar-refractivity contribution in [3.63, 3.8) is 0 Å². The van der Waals surface area contributed by atoms with E-state index < -0.39 is 17.7 Å². The average Bonchev–Trinajstić information content (AvgIpc) is 2.48. The molecule has 2 rings (SSSR count). The molecule has 1 amide bonds. The van der Waals surface area contributed by atoms with E-state index in [9.17, 15) is 14.7 Å². The summed E-state index contributed by atoms with van der Waals surface area (Å²) in [5.41, 5.74) is -0.741. The van der Waals surface area contributed by atoms with E-state index in [2.05, 4.69) is 0 Å². The molecule has 0 aliphatic carbocycles. The van der Waals surface area contributed by atoms with E-state index in [-0.39, 0.29) is 32.9 Å². The average molecular weight is 295 g/mol. The summed E-state index contributed by atoms with van der Waals surface area (Å²) in [7, 11) is 0. The lowest BCUT2D eigenvalue weighted by molar-refractivity contribution is -0.187. The summed E-state index contributed by atoms with van der Waals surface area (Å²) in [6.07, 6.45) is -1.16. The molecule has 1 aromatic rings. The number of carboxylic acids is 1. The third-order valence-electron chi connectivity index (χ3n) is 3.29. The van der Waals surface area contributed by atoms with Crippen molar-refractivity contribution in [1.29, 1.82) is 0 Å². The van der Waals surface area contributed by atoms with Crippen LogP contribution in [-0.2, 0) is 20.9 Å². The van der Waals surface area contributed by atoms with Crippen molar-refractivity contribution < 1.29 is 29.3 Å². The minimum atomic E-state index is -1.65. The number of nitrogens with zero attached hydrogens (tertiary/aromatic N) is 1. The van der Waals surface area contributed by atoms with Gasteiger partial charge < -0.3 is 24.6 Å². The number of morpholine rings is 1. The SMILES string of the molecule is O=C(O)N1CCOC(COCc2ccccc2)(C(=O)O)C1. The summed E-state index contributed by atoms with van der Waals surface area (Å²) in [5, 5.41) is 18.4. The first-order chi connectivity index (χ1) is 10.0. The molecule has 1 atom stereocenters. The molecule has 1 unspecified atom stereocenters. The fraction of sp³-hybridized carbons (Fsp3) is 0.429. The number of benzene rings is 1. The minimum absolute atomic E-state index is 0.0350. The van der Waals surface area contributed by atoms with Gasteiger partial charge in [-0.3, -0.25) is 0 Å². The van der Waals surface area contributed by atoms with E-state index >= 15 is 0 Å². The molecule has 7 heteroatoms. The normalized spacial score (nSPS) is 22.0. The van der Waals surface area contributed by atoms with Crippen molar-refractivity contribution in [3.8, 4) is 0 Å². The predicted molar refractivity (Wildman–Crippen MR) is 72.0 cm³/mol. The van der Waals surface area contributed by atoms with Crippen LogP contribution in [0.1, 0.15) is 5.56 Å². The quantitative estimate of drug-likeness (QED) is 0.842. The number of hydrogen-bond acceptors (Lipinski definition) is 4. The van der Waals surface area contributed by atoms with Gasteiger partial charge in [0.25, 0.3) is 0 Å². The van der Waals surface area contributed by atoms with E-state index in [1.54, 1.807) is 0 Å². The summed E-state index contributed by atoms with van der Waals surface area (Å²) in [6.45, 7) is -0.0177. The third kappa shape index (κ3) is 3.71. The van der Waals surface area contributed by atoms with Crippen molar-refractivity contribution in [2.24, 2.45) is 0 Å². The van der Waals surface area contributed by atoms with Crippen molar-refractivity contribution >= 4 is 12.1 Å². The van der Waals surface area contributed by atoms with E-state index in [4.69, 9.17) is 14.6 Å². The Balaban J connectivity index is 1.98. The second-order valence-corrected chi connectivity index (χ2v) is 4.83. The maximum atomic E-state index is 11.5. The molecule has 21 heavy (non-hydrogen) atoms. The van der Waals surface area contributed by atoms with Crippen LogP contribution in [0, 0.1) is 0 Å². The van der Waals surface area contributed by atoms with Crippen LogP contribution in [0.4, 0.5) is 4.79 Å². The zero-order chi connectivity index (χ0) is 15.3. The lowest BCUT2D eigenvalue weighted by atomic mass is 10.0. The van der Waals surface area contributed by atoms with Crippen LogP contribution < -0.4 is 0 Å². The lowest BCUT2D eigenvalue weighted by Crippen LogP contribution is -2.60. The molecule has 1 heterocycles. The number of ether oxygens (including phenoxy) is 2. The molecule has 1 aliphatic rings. The summed E-state index contributed by atoms with van der Waals surface area (Å²) in [4.78, 5) is 23.5. The predicted octanol–water partition coefficient (Wildman–Crippen LogP) is 1.04. The van der Waals surface area contributed by atoms with Crippen molar-refractivity contribution in [1.82, 2.24) is 4.90 Å². The fourth-order valence-corrected chi connectivity index (χ4v) is 2.13. The van der Waals surface area contributed by atoms with Crippen LogP contribution in [0.2, 0.25) is 0 Å². The minimum Gasteiger partial charge on any atom is -0.479 e. The Morgan fingerprint density at radius 1 is 1.29 bits per heavy atom. The smallest absolute Gasteiger partial charge is 0.407 e. The van der Waals surface area contributed by atoms with Gasteiger partial charge in [-0.05, 0) is 5.56 Å². The molecular formula is C14H17NO6. The number of rotatable bonds is 5. The second kappa shape index (κ2) is 6.55. The Morgan fingerprint density at radius 2 is 2.00 bits per heavy atom. The van der Waals surface area contributed by atoms with Gasteiger partial charge in [-0.25, -0.2) is 9.59 Å². The van der Waals surface area contributed by atoms with Gasteiger partial charge in [0.15, 0.2) is 0 Å². The fourth-order valence-electron chi connectivity index (χ4n) is 2.13. The topological polar surface area (TPSA) is 96.3 Å². The Hall–Kier alpha value is -2.12. The van der Waals surface area contributed by atoms with E-state index in [1.807, 2.05) is 30.3 Å². The molecular weight excluding hydrogens is 278 g/mol. The molecule has 0 aromatic heterocycles. The van der Waals surface area contributed by atoms with Crippen LogP contribution >= 0.6 is 0 Å². The van der Waals surface area contributed by atoms with Gasteiger partial charge >= 0.3 is 12.1 Å². The maximum Gasteiger partial charge on any atom is 0.407 e. The van der Waals surface area contributed by atoms with E-state index in [0.717, 1.165) is 10.5 Å². The van der Waals surface area contributed by atoms with E-state index in [0.29, 0.717) is 0 Å². The van der Waals surface area contributed by atoms with Gasteiger partial charge in [-0.15, -0.1) is 0 Å². The van der Waals surface area contributed by atoms with Crippen molar-refractivity contribution in [3.05, 3.63) is 35.9 Å². The molecule has 1 saturated heterocycles. The Morgan fingerprint density at radius 3 is 2.62 bits per heavy atom. The molecule has 1 aromatic carbocycles. The molecule has 2 N–H and O–H groups in total.